The molecule has 0 saturated carbocycles. The van der Waals surface area contributed by atoms with E-state index >= 15 is 0 Å². The molecule has 2 heterocycles. The second-order valence-electron chi connectivity index (χ2n) is 3.34. The molecule has 2 aromatic heterocycles. The smallest absolute Gasteiger partial charge is 0.264 e. The van der Waals surface area contributed by atoms with Gasteiger partial charge in [0.1, 0.15) is 5.76 Å². The molecule has 0 aliphatic heterocycles. The molecule has 0 spiro atoms. The molecule has 2 aromatic rings. The van der Waals surface area contributed by atoms with Gasteiger partial charge in [-0.05, 0) is 40.2 Å². The van der Waals surface area contributed by atoms with Gasteiger partial charge in [0.2, 0.25) is 0 Å². The third-order valence-corrected chi connectivity index (χ3v) is 3.72. The molecule has 0 unspecified atom stereocenters. The van der Waals surface area contributed by atoms with E-state index in [1.807, 2.05) is 24.3 Å². The first-order valence-electron chi connectivity index (χ1n) is 4.70. The number of carbonyl (C=O) groups is 1. The number of nitrogens with zero attached hydrogens (tertiary/aromatic N) is 1. The van der Waals surface area contributed by atoms with Gasteiger partial charge in [-0.2, -0.15) is 0 Å². The summed E-state index contributed by atoms with van der Waals surface area (Å²) < 4.78 is 6.16. The van der Waals surface area contributed by atoms with E-state index in [1.54, 1.807) is 18.2 Å². The Bertz CT molecular complexity index is 478. The fourth-order valence-corrected chi connectivity index (χ4v) is 2.71. The van der Waals surface area contributed by atoms with Crippen LogP contribution in [0.2, 0.25) is 0 Å². The van der Waals surface area contributed by atoms with Crippen LogP contribution in [-0.2, 0) is 6.54 Å². The predicted octanol–water partition coefficient (Wildman–Crippen LogP) is 3.38. The summed E-state index contributed by atoms with van der Waals surface area (Å²) in [6, 6.07) is 7.36. The lowest BCUT2D eigenvalue weighted by molar-refractivity contribution is 0.0780. The largest absolute Gasteiger partial charge is 0.467 e. The fraction of sp³-hybridized carbons (Fsp3) is 0.182. The highest BCUT2D eigenvalue weighted by Gasteiger charge is 2.14. The molecule has 0 aliphatic carbocycles. The van der Waals surface area contributed by atoms with Crippen LogP contribution in [0.5, 0.6) is 0 Å². The molecule has 84 valence electrons. The van der Waals surface area contributed by atoms with E-state index in [9.17, 15) is 4.79 Å². The maximum atomic E-state index is 12.0. The fourth-order valence-electron chi connectivity index (χ4n) is 1.33. The summed E-state index contributed by atoms with van der Waals surface area (Å²) in [5.41, 5.74) is 0. The summed E-state index contributed by atoms with van der Waals surface area (Å²) in [5.74, 6) is 0.790. The second kappa shape index (κ2) is 4.84. The van der Waals surface area contributed by atoms with Crippen LogP contribution in [0.1, 0.15) is 15.4 Å². The first kappa shape index (κ1) is 11.4. The Hall–Kier alpha value is -1.07. The van der Waals surface area contributed by atoms with Gasteiger partial charge in [0, 0.05) is 7.05 Å². The van der Waals surface area contributed by atoms with Gasteiger partial charge in [-0.15, -0.1) is 11.3 Å². The van der Waals surface area contributed by atoms with Crippen molar-refractivity contribution in [1.82, 2.24) is 4.90 Å². The number of carbonyl (C=O) groups excluding carboxylic acids is 1. The van der Waals surface area contributed by atoms with Gasteiger partial charge < -0.3 is 9.32 Å². The Kier molecular flexibility index (Phi) is 3.46. The van der Waals surface area contributed by atoms with Crippen molar-refractivity contribution < 1.29 is 9.21 Å². The molecule has 2 rings (SSSR count). The lowest BCUT2D eigenvalue weighted by Crippen LogP contribution is -2.25. The van der Waals surface area contributed by atoms with Crippen LogP contribution < -0.4 is 0 Å². The quantitative estimate of drug-likeness (QED) is 0.870. The van der Waals surface area contributed by atoms with E-state index in [1.165, 1.54) is 11.3 Å². The van der Waals surface area contributed by atoms with Crippen molar-refractivity contribution in [3.8, 4) is 0 Å². The number of thiophene rings is 1. The number of hydrogen-bond acceptors (Lipinski definition) is 3. The van der Waals surface area contributed by atoms with Crippen LogP contribution in [-0.4, -0.2) is 17.9 Å². The number of amides is 1. The lowest BCUT2D eigenvalue weighted by atomic mass is 10.3. The predicted molar refractivity (Wildman–Crippen MR) is 66.5 cm³/mol. The van der Waals surface area contributed by atoms with E-state index < -0.39 is 0 Å². The van der Waals surface area contributed by atoms with Crippen LogP contribution in [0.3, 0.4) is 0 Å². The normalized spacial score (nSPS) is 10.4. The molecule has 0 atom stereocenters. The molecule has 0 aromatic carbocycles. The van der Waals surface area contributed by atoms with Crippen LogP contribution in [0, 0.1) is 0 Å². The van der Waals surface area contributed by atoms with Crippen LogP contribution in [0.4, 0.5) is 0 Å². The summed E-state index contributed by atoms with van der Waals surface area (Å²) in [6.07, 6.45) is 1.61. The van der Waals surface area contributed by atoms with Crippen LogP contribution in [0.25, 0.3) is 0 Å². The zero-order valence-electron chi connectivity index (χ0n) is 8.64. The molecule has 16 heavy (non-hydrogen) atoms. The van der Waals surface area contributed by atoms with Crippen molar-refractivity contribution in [3.05, 3.63) is 45.0 Å². The second-order valence-corrected chi connectivity index (χ2v) is 5.81. The third-order valence-electron chi connectivity index (χ3n) is 2.10. The summed E-state index contributed by atoms with van der Waals surface area (Å²) in [4.78, 5) is 14.3. The topological polar surface area (TPSA) is 33.5 Å². The minimum atomic E-state index is 0.00657. The Labute approximate surface area is 106 Å². The molecule has 1 amide bonds. The third kappa shape index (κ3) is 2.54. The summed E-state index contributed by atoms with van der Waals surface area (Å²) in [7, 11) is 1.76. The minimum absolute atomic E-state index is 0.00657. The molecular weight excluding hydrogens is 290 g/mol. The highest BCUT2D eigenvalue weighted by molar-refractivity contribution is 9.11. The molecule has 0 bridgehead atoms. The van der Waals surface area contributed by atoms with Crippen molar-refractivity contribution in [2.24, 2.45) is 0 Å². The van der Waals surface area contributed by atoms with Crippen LogP contribution in [0.15, 0.2) is 38.7 Å². The Morgan fingerprint density at radius 2 is 2.31 bits per heavy atom. The van der Waals surface area contributed by atoms with E-state index in [0.717, 1.165) is 14.4 Å². The van der Waals surface area contributed by atoms with Gasteiger partial charge in [-0.3, -0.25) is 4.79 Å². The number of rotatable bonds is 3. The molecule has 5 heteroatoms. The summed E-state index contributed by atoms with van der Waals surface area (Å²) in [5, 5.41) is 0. The van der Waals surface area contributed by atoms with Crippen molar-refractivity contribution in [2.75, 3.05) is 7.05 Å². The molecule has 0 fully saturated rings. The van der Waals surface area contributed by atoms with Gasteiger partial charge in [0.05, 0.1) is 21.5 Å². The summed E-state index contributed by atoms with van der Waals surface area (Å²) in [6.45, 7) is 0.487. The van der Waals surface area contributed by atoms with Crippen molar-refractivity contribution in [3.63, 3.8) is 0 Å². The van der Waals surface area contributed by atoms with Crippen LogP contribution >= 0.6 is 27.3 Å². The van der Waals surface area contributed by atoms with E-state index in [2.05, 4.69) is 15.9 Å². The molecule has 0 saturated heterocycles. The van der Waals surface area contributed by atoms with Crippen molar-refractivity contribution in [1.29, 1.82) is 0 Å². The lowest BCUT2D eigenvalue weighted by Gasteiger charge is -2.14. The average molecular weight is 300 g/mol. The highest BCUT2D eigenvalue weighted by atomic mass is 79.9. The van der Waals surface area contributed by atoms with Gasteiger partial charge in [-0.25, -0.2) is 0 Å². The molecule has 0 radical (unpaired) electrons. The Balaban J connectivity index is 2.05. The maximum Gasteiger partial charge on any atom is 0.264 e. The van der Waals surface area contributed by atoms with Gasteiger partial charge in [0.25, 0.3) is 5.91 Å². The Morgan fingerprint density at radius 1 is 1.50 bits per heavy atom. The average Bonchev–Trinajstić information content (AvgIpc) is 2.88. The maximum absolute atomic E-state index is 12.0. The first-order valence-corrected chi connectivity index (χ1v) is 6.31. The van der Waals surface area contributed by atoms with E-state index in [4.69, 9.17) is 4.42 Å². The zero-order chi connectivity index (χ0) is 11.5. The molecular formula is C11H10BrNO2S. The van der Waals surface area contributed by atoms with Gasteiger partial charge in [-0.1, -0.05) is 0 Å². The van der Waals surface area contributed by atoms with E-state index in [-0.39, 0.29) is 5.91 Å². The van der Waals surface area contributed by atoms with Gasteiger partial charge >= 0.3 is 0 Å². The minimum Gasteiger partial charge on any atom is -0.467 e. The first-order chi connectivity index (χ1) is 7.66. The Morgan fingerprint density at radius 3 is 2.88 bits per heavy atom. The van der Waals surface area contributed by atoms with Gasteiger partial charge in [0.15, 0.2) is 0 Å². The number of hydrogen-bond donors (Lipinski definition) is 0. The van der Waals surface area contributed by atoms with Crippen molar-refractivity contribution >= 4 is 33.2 Å². The molecule has 0 aliphatic rings. The van der Waals surface area contributed by atoms with Crippen molar-refractivity contribution in [2.45, 2.75) is 6.54 Å². The van der Waals surface area contributed by atoms with E-state index in [0.29, 0.717) is 6.54 Å². The standard InChI is InChI=1S/C11H10BrNO2S/c1-13(7-8-3-2-6-15-8)11(14)9-4-5-10(12)16-9/h2-6H,7H2,1H3. The SMILES string of the molecule is CN(Cc1ccco1)C(=O)c1ccc(Br)s1. The monoisotopic (exact) mass is 299 g/mol. The summed E-state index contributed by atoms with van der Waals surface area (Å²) >= 11 is 4.77. The number of furan rings is 1. The highest BCUT2D eigenvalue weighted by Crippen LogP contribution is 2.23. The molecule has 3 nitrogen and oxygen atoms in total. The number of halogens is 1. The zero-order valence-corrected chi connectivity index (χ0v) is 11.0. The molecule has 0 N–H and O–H groups in total.